The molecule has 0 saturated carbocycles. The zero-order chi connectivity index (χ0) is 21.1. The summed E-state index contributed by atoms with van der Waals surface area (Å²) >= 11 is 0. The lowest BCUT2D eigenvalue weighted by Crippen LogP contribution is -2.31. The van der Waals surface area contributed by atoms with Gasteiger partial charge >= 0.3 is 0 Å². The van der Waals surface area contributed by atoms with Crippen LogP contribution in [0.1, 0.15) is 66.2 Å². The summed E-state index contributed by atoms with van der Waals surface area (Å²) in [4.78, 5) is 50.4. The van der Waals surface area contributed by atoms with Gasteiger partial charge in [-0.3, -0.25) is 24.1 Å². The Kier molecular flexibility index (Phi) is 10.9. The number of unbranched alkanes of at least 4 members (excludes halogenated alkanes) is 3. The minimum atomic E-state index is -0.221. The van der Waals surface area contributed by atoms with Crippen LogP contribution < -0.4 is 0 Å². The first-order chi connectivity index (χ1) is 13.2. The van der Waals surface area contributed by atoms with Gasteiger partial charge in [-0.1, -0.05) is 40.5 Å². The van der Waals surface area contributed by atoms with Crippen molar-refractivity contribution < 1.29 is 19.2 Å². The largest absolute Gasteiger partial charge is 0.302 e. The topological polar surface area (TPSA) is 74.8 Å². The molecule has 0 aromatic heterocycles. The average molecular weight is 393 g/mol. The average Bonchev–Trinajstić information content (AvgIpc) is 2.96. The number of carbonyl (C=O) groups excluding carboxylic acids is 4. The van der Waals surface area contributed by atoms with Gasteiger partial charge in [0.15, 0.2) is 0 Å². The Morgan fingerprint density at radius 3 is 1.71 bits per heavy atom. The molecule has 1 heterocycles. The van der Waals surface area contributed by atoms with Crippen molar-refractivity contribution in [2.24, 2.45) is 11.8 Å². The molecule has 1 rings (SSSR count). The Morgan fingerprint density at radius 2 is 1.25 bits per heavy atom. The zero-order valence-electron chi connectivity index (χ0n) is 17.9. The molecule has 0 N–H and O–H groups in total. The SMILES string of the molecule is CC(C)C(=O)CCN(CCCCCCN1C(=O)C=CC1=O)CCC(=O)C(C)C. The van der Waals surface area contributed by atoms with Gasteiger partial charge in [0.2, 0.25) is 0 Å². The Labute approximate surface area is 169 Å². The van der Waals surface area contributed by atoms with Crippen molar-refractivity contribution in [2.75, 3.05) is 26.2 Å². The Balaban J connectivity index is 2.30. The lowest BCUT2D eigenvalue weighted by Gasteiger charge is -2.22. The highest BCUT2D eigenvalue weighted by atomic mass is 16.2. The van der Waals surface area contributed by atoms with Gasteiger partial charge < -0.3 is 4.90 Å². The number of hydrogen-bond donors (Lipinski definition) is 0. The standard InChI is InChI=1S/C22H36N2O4/c1-17(2)19(25)11-15-23(16-12-20(26)18(3)4)13-7-5-6-8-14-24-21(27)9-10-22(24)28/h9-10,17-18H,5-8,11-16H2,1-4H3. The van der Waals surface area contributed by atoms with Crippen molar-refractivity contribution in [1.82, 2.24) is 9.80 Å². The molecular formula is C22H36N2O4. The normalized spacial score (nSPS) is 14.2. The van der Waals surface area contributed by atoms with E-state index in [1.54, 1.807) is 0 Å². The molecular weight excluding hydrogens is 356 g/mol. The molecule has 1 aliphatic rings. The van der Waals surface area contributed by atoms with Crippen molar-refractivity contribution in [2.45, 2.75) is 66.2 Å². The Morgan fingerprint density at radius 1 is 0.786 bits per heavy atom. The second kappa shape index (κ2) is 12.6. The van der Waals surface area contributed by atoms with Gasteiger partial charge in [0.05, 0.1) is 0 Å². The smallest absolute Gasteiger partial charge is 0.253 e. The van der Waals surface area contributed by atoms with Gasteiger partial charge in [-0.15, -0.1) is 0 Å². The maximum atomic E-state index is 11.9. The van der Waals surface area contributed by atoms with E-state index in [1.165, 1.54) is 17.1 Å². The molecule has 0 saturated heterocycles. The van der Waals surface area contributed by atoms with Crippen molar-refractivity contribution in [3.63, 3.8) is 0 Å². The molecule has 1 aliphatic heterocycles. The fraction of sp³-hybridized carbons (Fsp3) is 0.727. The van der Waals surface area contributed by atoms with Crippen LogP contribution in [0.4, 0.5) is 0 Å². The van der Waals surface area contributed by atoms with E-state index < -0.39 is 0 Å². The monoisotopic (exact) mass is 392 g/mol. The third-order valence-corrected chi connectivity index (χ3v) is 5.14. The number of imide groups is 1. The minimum absolute atomic E-state index is 0.0460. The van der Waals surface area contributed by atoms with E-state index in [4.69, 9.17) is 0 Å². The van der Waals surface area contributed by atoms with Crippen LogP contribution >= 0.6 is 0 Å². The number of hydrogen-bond acceptors (Lipinski definition) is 5. The first-order valence-corrected chi connectivity index (χ1v) is 10.5. The molecule has 158 valence electrons. The second-order valence-corrected chi connectivity index (χ2v) is 8.16. The number of rotatable bonds is 15. The van der Waals surface area contributed by atoms with E-state index >= 15 is 0 Å². The van der Waals surface area contributed by atoms with E-state index in [0.717, 1.165) is 32.2 Å². The predicted molar refractivity (Wildman–Crippen MR) is 110 cm³/mol. The van der Waals surface area contributed by atoms with E-state index in [9.17, 15) is 19.2 Å². The number of nitrogens with zero attached hydrogens (tertiary/aromatic N) is 2. The lowest BCUT2D eigenvalue weighted by molar-refractivity contribution is -0.137. The second-order valence-electron chi connectivity index (χ2n) is 8.16. The summed E-state index contributed by atoms with van der Waals surface area (Å²) in [5.74, 6) is 0.165. The molecule has 2 amide bonds. The highest BCUT2D eigenvalue weighted by Crippen LogP contribution is 2.10. The fourth-order valence-electron chi connectivity index (χ4n) is 3.06. The van der Waals surface area contributed by atoms with Gasteiger partial charge in [0.25, 0.3) is 11.8 Å². The lowest BCUT2D eigenvalue weighted by atomic mass is 10.0. The van der Waals surface area contributed by atoms with E-state index in [2.05, 4.69) is 4.90 Å². The molecule has 28 heavy (non-hydrogen) atoms. The molecule has 0 aromatic rings. The van der Waals surface area contributed by atoms with Crippen LogP contribution in [-0.4, -0.2) is 59.4 Å². The summed E-state index contributed by atoms with van der Waals surface area (Å²) in [6.45, 7) is 10.4. The maximum absolute atomic E-state index is 11.9. The summed E-state index contributed by atoms with van der Waals surface area (Å²) in [6, 6.07) is 0. The van der Waals surface area contributed by atoms with Crippen LogP contribution in [-0.2, 0) is 19.2 Å². The van der Waals surface area contributed by atoms with Crippen LogP contribution in [0.3, 0.4) is 0 Å². The number of Topliss-reactive ketones (excluding diaryl/α,β-unsaturated/α-hetero) is 2. The quantitative estimate of drug-likeness (QED) is 0.316. The molecule has 0 fully saturated rings. The molecule has 0 spiro atoms. The van der Waals surface area contributed by atoms with Crippen molar-refractivity contribution in [3.8, 4) is 0 Å². The maximum Gasteiger partial charge on any atom is 0.253 e. The molecule has 0 atom stereocenters. The van der Waals surface area contributed by atoms with E-state index in [0.29, 0.717) is 32.5 Å². The summed E-state index contributed by atoms with van der Waals surface area (Å²) in [7, 11) is 0. The zero-order valence-corrected chi connectivity index (χ0v) is 17.9. The van der Waals surface area contributed by atoms with Gasteiger partial charge in [-0.2, -0.15) is 0 Å². The summed E-state index contributed by atoms with van der Waals surface area (Å²) in [5, 5.41) is 0. The van der Waals surface area contributed by atoms with Gasteiger partial charge in [0.1, 0.15) is 11.6 Å². The first kappa shape index (κ1) is 24.2. The molecule has 6 heteroatoms. The van der Waals surface area contributed by atoms with Gasteiger partial charge in [-0.05, 0) is 19.4 Å². The Bertz CT molecular complexity index is 539. The van der Waals surface area contributed by atoms with E-state index in [1.807, 2.05) is 27.7 Å². The summed E-state index contributed by atoms with van der Waals surface area (Å²) in [6.07, 6.45) is 7.41. The van der Waals surface area contributed by atoms with Gasteiger partial charge in [-0.25, -0.2) is 0 Å². The van der Waals surface area contributed by atoms with Crippen molar-refractivity contribution in [3.05, 3.63) is 12.2 Å². The van der Waals surface area contributed by atoms with Crippen LogP contribution in [0.15, 0.2) is 12.2 Å². The molecule has 0 aliphatic carbocycles. The fourth-order valence-corrected chi connectivity index (χ4v) is 3.06. The van der Waals surface area contributed by atoms with Crippen LogP contribution in [0.2, 0.25) is 0 Å². The molecule has 0 bridgehead atoms. The Hall–Kier alpha value is -1.82. The highest BCUT2D eigenvalue weighted by Gasteiger charge is 2.22. The molecule has 0 aromatic carbocycles. The number of carbonyl (C=O) groups is 4. The van der Waals surface area contributed by atoms with Crippen LogP contribution in [0.5, 0.6) is 0 Å². The first-order valence-electron chi connectivity index (χ1n) is 10.5. The minimum Gasteiger partial charge on any atom is -0.302 e. The summed E-state index contributed by atoms with van der Waals surface area (Å²) < 4.78 is 0. The predicted octanol–water partition coefficient (Wildman–Crippen LogP) is 3.00. The summed E-state index contributed by atoms with van der Waals surface area (Å²) in [5.41, 5.74) is 0. The molecule has 6 nitrogen and oxygen atoms in total. The number of ketones is 2. The molecule has 0 radical (unpaired) electrons. The molecule has 0 unspecified atom stereocenters. The van der Waals surface area contributed by atoms with Crippen LogP contribution in [0.25, 0.3) is 0 Å². The third-order valence-electron chi connectivity index (χ3n) is 5.14. The van der Waals surface area contributed by atoms with E-state index in [-0.39, 0.29) is 35.2 Å². The van der Waals surface area contributed by atoms with Crippen molar-refractivity contribution >= 4 is 23.4 Å². The highest BCUT2D eigenvalue weighted by molar-refractivity contribution is 6.12. The van der Waals surface area contributed by atoms with Crippen LogP contribution in [0, 0.1) is 11.8 Å². The van der Waals surface area contributed by atoms with Gasteiger partial charge in [0, 0.05) is 56.5 Å². The third kappa shape index (κ3) is 8.91. The number of amides is 2. The van der Waals surface area contributed by atoms with Crippen molar-refractivity contribution in [1.29, 1.82) is 0 Å².